The minimum Gasteiger partial charge on any atom is -0.458 e. The van der Waals surface area contributed by atoms with Crippen LogP contribution in [-0.2, 0) is 16.1 Å². The largest absolute Gasteiger partial charge is 0.458 e. The first kappa shape index (κ1) is 19.0. The number of nitro groups is 1. The molecule has 142 valence electrons. The van der Waals surface area contributed by atoms with Crippen LogP contribution in [0, 0.1) is 24.0 Å². The summed E-state index contributed by atoms with van der Waals surface area (Å²) in [4.78, 5) is 34.0. The molecule has 0 saturated carbocycles. The average Bonchev–Trinajstić information content (AvgIpc) is 2.68. The van der Waals surface area contributed by atoms with Crippen LogP contribution in [0.15, 0.2) is 57.8 Å². The van der Waals surface area contributed by atoms with Crippen molar-refractivity contribution in [1.82, 2.24) is 0 Å². The van der Waals surface area contributed by atoms with E-state index in [0.29, 0.717) is 16.7 Å². The van der Waals surface area contributed by atoms with Crippen LogP contribution in [0.2, 0.25) is 0 Å². The van der Waals surface area contributed by atoms with Gasteiger partial charge in [-0.3, -0.25) is 10.1 Å². The third-order valence-corrected chi connectivity index (χ3v) is 4.40. The first-order valence-electron chi connectivity index (χ1n) is 8.47. The van der Waals surface area contributed by atoms with Crippen molar-refractivity contribution >= 4 is 28.7 Å². The molecule has 0 bridgehead atoms. The average molecular weight is 379 g/mol. The Bertz CT molecular complexity index is 1140. The topological polar surface area (TPSA) is 99.6 Å². The van der Waals surface area contributed by atoms with Gasteiger partial charge in [0.25, 0.3) is 5.69 Å². The van der Waals surface area contributed by atoms with Crippen LogP contribution < -0.4 is 5.63 Å². The van der Waals surface area contributed by atoms with Crippen molar-refractivity contribution in [3.05, 3.63) is 91.3 Å². The Labute approximate surface area is 160 Å². The molecule has 2 aromatic carbocycles. The van der Waals surface area contributed by atoms with Gasteiger partial charge in [0.2, 0.25) is 0 Å². The zero-order valence-electron chi connectivity index (χ0n) is 15.3. The summed E-state index contributed by atoms with van der Waals surface area (Å²) in [6.07, 6.45) is 2.72. The van der Waals surface area contributed by atoms with Crippen LogP contribution in [0.5, 0.6) is 0 Å². The summed E-state index contributed by atoms with van der Waals surface area (Å²) in [6, 6.07) is 10.8. The van der Waals surface area contributed by atoms with E-state index in [9.17, 15) is 19.7 Å². The molecule has 0 amide bonds. The molecular weight excluding hydrogens is 362 g/mol. The van der Waals surface area contributed by atoms with Gasteiger partial charge in [0.1, 0.15) is 12.2 Å². The van der Waals surface area contributed by atoms with Gasteiger partial charge in [-0.1, -0.05) is 12.1 Å². The molecule has 0 fully saturated rings. The number of nitro benzene ring substituents is 1. The second-order valence-corrected chi connectivity index (χ2v) is 6.26. The Morgan fingerprint density at radius 3 is 2.57 bits per heavy atom. The lowest BCUT2D eigenvalue weighted by molar-refractivity contribution is -0.384. The zero-order chi connectivity index (χ0) is 20.3. The Hall–Kier alpha value is -3.74. The highest BCUT2D eigenvalue weighted by Crippen LogP contribution is 2.23. The van der Waals surface area contributed by atoms with E-state index < -0.39 is 16.5 Å². The maximum absolute atomic E-state index is 12.0. The van der Waals surface area contributed by atoms with Gasteiger partial charge in [0.15, 0.2) is 0 Å². The molecule has 0 aliphatic heterocycles. The van der Waals surface area contributed by atoms with Crippen LogP contribution in [0.1, 0.15) is 22.3 Å². The number of aryl methyl sites for hydroxylation is 2. The van der Waals surface area contributed by atoms with Crippen LogP contribution >= 0.6 is 0 Å². The predicted molar refractivity (Wildman–Crippen MR) is 104 cm³/mol. The van der Waals surface area contributed by atoms with Crippen molar-refractivity contribution in [2.45, 2.75) is 20.5 Å². The van der Waals surface area contributed by atoms with Crippen LogP contribution in [0.25, 0.3) is 17.0 Å². The molecule has 28 heavy (non-hydrogen) atoms. The van der Waals surface area contributed by atoms with E-state index in [4.69, 9.17) is 9.15 Å². The summed E-state index contributed by atoms with van der Waals surface area (Å²) < 4.78 is 10.5. The molecular formula is C21H17NO6. The molecule has 1 heterocycles. The number of esters is 1. The normalized spacial score (nSPS) is 11.1. The number of rotatable bonds is 5. The number of non-ortho nitro benzene ring substituents is 1. The maximum atomic E-state index is 12.0. The summed E-state index contributed by atoms with van der Waals surface area (Å²) >= 11 is 0. The van der Waals surface area contributed by atoms with E-state index in [1.165, 1.54) is 42.5 Å². The van der Waals surface area contributed by atoms with Crippen molar-refractivity contribution < 1.29 is 18.9 Å². The van der Waals surface area contributed by atoms with E-state index >= 15 is 0 Å². The Kier molecular flexibility index (Phi) is 5.35. The van der Waals surface area contributed by atoms with Gasteiger partial charge in [0, 0.05) is 35.2 Å². The van der Waals surface area contributed by atoms with Crippen molar-refractivity contribution in [3.8, 4) is 0 Å². The number of carbonyl (C=O) groups excluding carboxylic acids is 1. The number of hydrogen-bond acceptors (Lipinski definition) is 6. The Balaban J connectivity index is 1.73. The smallest absolute Gasteiger partial charge is 0.336 e. The van der Waals surface area contributed by atoms with E-state index in [-0.39, 0.29) is 12.3 Å². The number of fused-ring (bicyclic) bond motifs is 1. The fourth-order valence-corrected chi connectivity index (χ4v) is 2.71. The van der Waals surface area contributed by atoms with Crippen molar-refractivity contribution in [3.63, 3.8) is 0 Å². The van der Waals surface area contributed by atoms with Crippen molar-refractivity contribution in [2.24, 2.45) is 0 Å². The second kappa shape index (κ2) is 7.87. The molecule has 0 aliphatic carbocycles. The molecule has 0 atom stereocenters. The molecule has 1 aromatic heterocycles. The van der Waals surface area contributed by atoms with Gasteiger partial charge >= 0.3 is 11.6 Å². The highest BCUT2D eigenvalue weighted by molar-refractivity contribution is 5.88. The number of ether oxygens (including phenoxy) is 1. The lowest BCUT2D eigenvalue weighted by Crippen LogP contribution is -2.06. The highest BCUT2D eigenvalue weighted by atomic mass is 16.6. The van der Waals surface area contributed by atoms with Crippen LogP contribution in [0.3, 0.4) is 0 Å². The van der Waals surface area contributed by atoms with Gasteiger partial charge < -0.3 is 9.15 Å². The van der Waals surface area contributed by atoms with E-state index in [0.717, 1.165) is 16.5 Å². The Morgan fingerprint density at radius 1 is 1.18 bits per heavy atom. The van der Waals surface area contributed by atoms with E-state index in [2.05, 4.69) is 0 Å². The fraction of sp³-hybridized carbons (Fsp3) is 0.143. The first-order valence-corrected chi connectivity index (χ1v) is 8.47. The van der Waals surface area contributed by atoms with Gasteiger partial charge in [-0.25, -0.2) is 9.59 Å². The second-order valence-electron chi connectivity index (χ2n) is 6.26. The molecule has 0 aliphatic rings. The third-order valence-electron chi connectivity index (χ3n) is 4.40. The predicted octanol–water partition coefficient (Wildman–Crippen LogP) is 4.07. The summed E-state index contributed by atoms with van der Waals surface area (Å²) in [5, 5.41) is 11.4. The zero-order valence-corrected chi connectivity index (χ0v) is 15.3. The van der Waals surface area contributed by atoms with Gasteiger partial charge in [-0.15, -0.1) is 0 Å². The molecule has 0 spiro atoms. The molecule has 3 rings (SSSR count). The molecule has 3 aromatic rings. The first-order chi connectivity index (χ1) is 13.3. The standard InChI is InChI=1S/C21H17NO6/c1-13-3-9-18-16(11-20(24)28-21(18)14(13)2)12-27-19(23)10-6-15-4-7-17(8-5-15)22(25)26/h3-11H,12H2,1-2H3. The lowest BCUT2D eigenvalue weighted by atomic mass is 10.0. The summed E-state index contributed by atoms with van der Waals surface area (Å²) in [7, 11) is 0. The van der Waals surface area contributed by atoms with Gasteiger partial charge in [-0.2, -0.15) is 0 Å². The molecule has 0 N–H and O–H groups in total. The lowest BCUT2D eigenvalue weighted by Gasteiger charge is -2.09. The molecule has 7 heteroatoms. The summed E-state index contributed by atoms with van der Waals surface area (Å²) in [5.74, 6) is -0.594. The number of benzene rings is 2. The summed E-state index contributed by atoms with van der Waals surface area (Å²) in [5.41, 5.74) is 3.00. The van der Waals surface area contributed by atoms with Crippen LogP contribution in [0.4, 0.5) is 5.69 Å². The molecule has 0 radical (unpaired) electrons. The van der Waals surface area contributed by atoms with E-state index in [1.807, 2.05) is 26.0 Å². The molecule has 0 unspecified atom stereocenters. The third kappa shape index (κ3) is 4.15. The van der Waals surface area contributed by atoms with Crippen LogP contribution in [-0.4, -0.2) is 10.9 Å². The maximum Gasteiger partial charge on any atom is 0.336 e. The van der Waals surface area contributed by atoms with Crippen molar-refractivity contribution in [2.75, 3.05) is 0 Å². The monoisotopic (exact) mass is 379 g/mol. The Morgan fingerprint density at radius 2 is 1.89 bits per heavy atom. The highest BCUT2D eigenvalue weighted by Gasteiger charge is 2.11. The van der Waals surface area contributed by atoms with E-state index in [1.54, 1.807) is 0 Å². The minimum atomic E-state index is -0.594. The SMILES string of the molecule is Cc1ccc2c(COC(=O)C=Cc3ccc([N+](=O)[O-])cc3)cc(=O)oc2c1C. The minimum absolute atomic E-state index is 0.0277. The molecule has 0 saturated heterocycles. The van der Waals surface area contributed by atoms with Gasteiger partial charge in [-0.05, 0) is 48.7 Å². The quantitative estimate of drug-likeness (QED) is 0.218. The number of nitrogens with zero attached hydrogens (tertiary/aromatic N) is 1. The number of carbonyl (C=O) groups is 1. The fourth-order valence-electron chi connectivity index (χ4n) is 2.71. The van der Waals surface area contributed by atoms with Gasteiger partial charge in [0.05, 0.1) is 4.92 Å². The van der Waals surface area contributed by atoms with Crippen molar-refractivity contribution in [1.29, 1.82) is 0 Å². The summed E-state index contributed by atoms with van der Waals surface area (Å²) in [6.45, 7) is 3.71. The molecule has 7 nitrogen and oxygen atoms in total. The number of hydrogen-bond donors (Lipinski definition) is 0.